The molecular weight excluding hydrogens is 236 g/mol. The Hall–Kier alpha value is -1.32. The highest BCUT2D eigenvalue weighted by Gasteiger charge is 2.13. The molecule has 1 rings (SSSR count). The summed E-state index contributed by atoms with van der Waals surface area (Å²) in [5.41, 5.74) is 0. The van der Waals surface area contributed by atoms with Crippen molar-refractivity contribution in [1.29, 1.82) is 0 Å². The fourth-order valence-electron chi connectivity index (χ4n) is 2.09. The molecule has 4 heteroatoms. The van der Waals surface area contributed by atoms with Crippen LogP contribution < -0.4 is 10.2 Å². The zero-order valence-electron chi connectivity index (χ0n) is 13.0. The quantitative estimate of drug-likeness (QED) is 0.730. The minimum atomic E-state index is 0.459. The van der Waals surface area contributed by atoms with E-state index in [-0.39, 0.29) is 0 Å². The molecule has 0 spiro atoms. The molecule has 0 saturated carbocycles. The molecule has 0 atom stereocenters. The fraction of sp³-hybridized carbons (Fsp3) is 0.733. The summed E-state index contributed by atoms with van der Waals surface area (Å²) in [6.07, 6.45) is 4.60. The maximum atomic E-state index is 4.67. The van der Waals surface area contributed by atoms with Crippen LogP contribution in [-0.2, 0) is 6.42 Å². The third-order valence-corrected chi connectivity index (χ3v) is 3.25. The molecular formula is C15H28N4. The zero-order chi connectivity index (χ0) is 14.3. The Kier molecular flexibility index (Phi) is 6.60. The van der Waals surface area contributed by atoms with Crippen LogP contribution in [0.3, 0.4) is 0 Å². The van der Waals surface area contributed by atoms with Crippen molar-refractivity contribution in [2.75, 3.05) is 23.8 Å². The summed E-state index contributed by atoms with van der Waals surface area (Å²) in [6, 6.07) is 2.51. The number of unbranched alkanes of at least 4 members (excludes halogenated alkanes) is 2. The lowest BCUT2D eigenvalue weighted by Gasteiger charge is -2.28. The van der Waals surface area contributed by atoms with Crippen molar-refractivity contribution < 1.29 is 0 Å². The highest BCUT2D eigenvalue weighted by molar-refractivity contribution is 5.49. The van der Waals surface area contributed by atoms with Crippen molar-refractivity contribution >= 4 is 11.6 Å². The summed E-state index contributed by atoms with van der Waals surface area (Å²) >= 11 is 0. The van der Waals surface area contributed by atoms with Gasteiger partial charge < -0.3 is 10.2 Å². The van der Waals surface area contributed by atoms with Crippen LogP contribution in [0.25, 0.3) is 0 Å². The first-order valence-corrected chi connectivity index (χ1v) is 7.44. The van der Waals surface area contributed by atoms with Gasteiger partial charge in [0.15, 0.2) is 0 Å². The number of aromatic nitrogens is 2. The highest BCUT2D eigenvalue weighted by Crippen LogP contribution is 2.19. The van der Waals surface area contributed by atoms with E-state index in [1.165, 1.54) is 19.3 Å². The molecule has 1 aromatic rings. The largest absolute Gasteiger partial charge is 0.373 e. The van der Waals surface area contributed by atoms with Crippen LogP contribution in [0.15, 0.2) is 6.07 Å². The van der Waals surface area contributed by atoms with E-state index in [4.69, 9.17) is 0 Å². The number of hydrogen-bond donors (Lipinski definition) is 1. The van der Waals surface area contributed by atoms with E-state index in [2.05, 4.69) is 47.9 Å². The summed E-state index contributed by atoms with van der Waals surface area (Å²) in [4.78, 5) is 11.5. The Balaban J connectivity index is 2.93. The number of nitrogens with one attached hydrogen (secondary N) is 1. The lowest BCUT2D eigenvalue weighted by Crippen LogP contribution is -2.33. The number of nitrogens with zero attached hydrogens (tertiary/aromatic N) is 3. The zero-order valence-corrected chi connectivity index (χ0v) is 13.0. The number of hydrogen-bond acceptors (Lipinski definition) is 4. The Labute approximate surface area is 117 Å². The van der Waals surface area contributed by atoms with E-state index in [0.29, 0.717) is 6.04 Å². The molecule has 0 radical (unpaired) electrons. The number of rotatable bonds is 8. The topological polar surface area (TPSA) is 41.0 Å². The molecule has 1 aromatic heterocycles. The molecule has 0 saturated heterocycles. The van der Waals surface area contributed by atoms with E-state index < -0.39 is 0 Å². The van der Waals surface area contributed by atoms with Crippen LogP contribution in [0.2, 0.25) is 0 Å². The normalized spacial score (nSPS) is 10.8. The van der Waals surface area contributed by atoms with Crippen LogP contribution in [0.5, 0.6) is 0 Å². The molecule has 0 fully saturated rings. The minimum absolute atomic E-state index is 0.459. The van der Waals surface area contributed by atoms with Gasteiger partial charge in [0.25, 0.3) is 0 Å². The molecule has 19 heavy (non-hydrogen) atoms. The van der Waals surface area contributed by atoms with Crippen molar-refractivity contribution in [3.8, 4) is 0 Å². The van der Waals surface area contributed by atoms with Crippen molar-refractivity contribution in [3.63, 3.8) is 0 Å². The first kappa shape index (κ1) is 15.7. The van der Waals surface area contributed by atoms with Gasteiger partial charge in [-0.1, -0.05) is 26.7 Å². The van der Waals surface area contributed by atoms with E-state index in [9.17, 15) is 0 Å². The van der Waals surface area contributed by atoms with Crippen molar-refractivity contribution in [1.82, 2.24) is 9.97 Å². The molecule has 0 unspecified atom stereocenters. The Morgan fingerprint density at radius 2 is 1.95 bits per heavy atom. The fourth-order valence-corrected chi connectivity index (χ4v) is 2.09. The van der Waals surface area contributed by atoms with Gasteiger partial charge in [-0.3, -0.25) is 0 Å². The van der Waals surface area contributed by atoms with Crippen molar-refractivity contribution in [2.45, 2.75) is 59.4 Å². The van der Waals surface area contributed by atoms with Crippen molar-refractivity contribution in [3.05, 3.63) is 11.9 Å². The van der Waals surface area contributed by atoms with Gasteiger partial charge in [0.2, 0.25) is 0 Å². The second-order valence-electron chi connectivity index (χ2n) is 5.13. The van der Waals surface area contributed by atoms with E-state index in [0.717, 1.165) is 30.4 Å². The summed E-state index contributed by atoms with van der Waals surface area (Å²) < 4.78 is 0. The van der Waals surface area contributed by atoms with E-state index in [1.54, 1.807) is 0 Å². The second kappa shape index (κ2) is 7.97. The number of aryl methyl sites for hydroxylation is 1. The van der Waals surface area contributed by atoms with Gasteiger partial charge >= 0.3 is 0 Å². The van der Waals surface area contributed by atoms with Gasteiger partial charge in [0.1, 0.15) is 17.5 Å². The van der Waals surface area contributed by atoms with Crippen LogP contribution in [0.1, 0.15) is 52.8 Å². The Bertz CT molecular complexity index is 354. The van der Waals surface area contributed by atoms with Gasteiger partial charge in [-0.15, -0.1) is 0 Å². The predicted molar refractivity (Wildman–Crippen MR) is 83.0 cm³/mol. The summed E-state index contributed by atoms with van der Waals surface area (Å²) in [7, 11) is 1.91. The van der Waals surface area contributed by atoms with Gasteiger partial charge in [0, 0.05) is 32.1 Å². The first-order chi connectivity index (χ1) is 9.12. The first-order valence-electron chi connectivity index (χ1n) is 7.44. The molecule has 0 aliphatic rings. The monoisotopic (exact) mass is 264 g/mol. The van der Waals surface area contributed by atoms with Gasteiger partial charge in [0.05, 0.1) is 0 Å². The molecule has 4 nitrogen and oxygen atoms in total. The second-order valence-corrected chi connectivity index (χ2v) is 5.13. The average molecular weight is 264 g/mol. The summed E-state index contributed by atoms with van der Waals surface area (Å²) in [5.74, 6) is 2.85. The molecule has 108 valence electrons. The summed E-state index contributed by atoms with van der Waals surface area (Å²) in [5, 5.41) is 3.13. The molecule has 0 aliphatic carbocycles. The molecule has 0 aliphatic heterocycles. The standard InChI is InChI=1S/C15H28N4/c1-6-8-9-10-19(12(3)4)15-11-14(16-5)17-13(7-2)18-15/h11-12H,6-10H2,1-5H3,(H,16,17,18). The smallest absolute Gasteiger partial charge is 0.134 e. The maximum absolute atomic E-state index is 4.67. The van der Waals surface area contributed by atoms with Crippen molar-refractivity contribution in [2.24, 2.45) is 0 Å². The van der Waals surface area contributed by atoms with Gasteiger partial charge in [-0.2, -0.15) is 0 Å². The van der Waals surface area contributed by atoms with Gasteiger partial charge in [-0.25, -0.2) is 9.97 Å². The number of anilines is 2. The summed E-state index contributed by atoms with van der Waals surface area (Å²) in [6.45, 7) is 9.83. The van der Waals surface area contributed by atoms with Crippen LogP contribution in [0, 0.1) is 0 Å². The molecule has 1 N–H and O–H groups in total. The minimum Gasteiger partial charge on any atom is -0.373 e. The molecule has 0 aromatic carbocycles. The average Bonchev–Trinajstić information content (AvgIpc) is 2.42. The third-order valence-electron chi connectivity index (χ3n) is 3.25. The van der Waals surface area contributed by atoms with Crippen LogP contribution >= 0.6 is 0 Å². The molecule has 0 amide bonds. The Morgan fingerprint density at radius 1 is 1.21 bits per heavy atom. The van der Waals surface area contributed by atoms with Gasteiger partial charge in [-0.05, 0) is 20.3 Å². The van der Waals surface area contributed by atoms with Crippen LogP contribution in [0.4, 0.5) is 11.6 Å². The molecule has 1 heterocycles. The highest BCUT2D eigenvalue weighted by atomic mass is 15.2. The maximum Gasteiger partial charge on any atom is 0.134 e. The predicted octanol–water partition coefficient (Wildman–Crippen LogP) is 3.49. The Morgan fingerprint density at radius 3 is 2.47 bits per heavy atom. The third kappa shape index (κ3) is 4.69. The van der Waals surface area contributed by atoms with Crippen LogP contribution in [-0.4, -0.2) is 29.6 Å². The lowest BCUT2D eigenvalue weighted by molar-refractivity contribution is 0.618. The SMILES string of the molecule is CCCCCN(c1cc(NC)nc(CC)n1)C(C)C. The lowest BCUT2D eigenvalue weighted by atomic mass is 10.2. The molecule has 0 bridgehead atoms. The van der Waals surface area contributed by atoms with E-state index in [1.807, 2.05) is 13.1 Å². The van der Waals surface area contributed by atoms with E-state index >= 15 is 0 Å².